The molecule has 0 bridgehead atoms. The summed E-state index contributed by atoms with van der Waals surface area (Å²) in [5, 5.41) is 3.57. The molecule has 5 nitrogen and oxygen atoms in total. The van der Waals surface area contributed by atoms with Crippen LogP contribution in [-0.4, -0.2) is 28.0 Å². The molecular weight excluding hydrogens is 254 g/mol. The molecule has 1 N–H and O–H groups in total. The summed E-state index contributed by atoms with van der Waals surface area (Å²) in [4.78, 5) is 16.1. The van der Waals surface area contributed by atoms with Crippen LogP contribution in [-0.2, 0) is 11.3 Å². The van der Waals surface area contributed by atoms with Gasteiger partial charge < -0.3 is 14.5 Å². The van der Waals surface area contributed by atoms with Crippen molar-refractivity contribution in [3.05, 3.63) is 35.8 Å². The molecule has 0 radical (unpaired) electrons. The first kappa shape index (κ1) is 13.1. The first-order valence-corrected chi connectivity index (χ1v) is 6.90. The maximum atomic E-state index is 11.9. The summed E-state index contributed by atoms with van der Waals surface area (Å²) >= 11 is 0. The fraction of sp³-hybridized carbons (Fsp3) is 0.467. The average molecular weight is 273 g/mol. The number of hydrogen-bond acceptors (Lipinski definition) is 4. The Hall–Kier alpha value is -1.88. The van der Waals surface area contributed by atoms with Gasteiger partial charge in [0.25, 0.3) is 0 Å². The number of esters is 1. The van der Waals surface area contributed by atoms with E-state index in [1.165, 1.54) is 26.4 Å². The van der Waals surface area contributed by atoms with Gasteiger partial charge in [-0.25, -0.2) is 9.78 Å². The number of rotatable bonds is 4. The number of pyridine rings is 1. The topological polar surface area (TPSA) is 55.6 Å². The summed E-state index contributed by atoms with van der Waals surface area (Å²) in [6.45, 7) is 2.99. The molecule has 1 fully saturated rings. The number of aromatic nitrogens is 2. The number of carbonyl (C=O) groups is 1. The van der Waals surface area contributed by atoms with Crippen LogP contribution in [0.15, 0.2) is 24.7 Å². The zero-order valence-corrected chi connectivity index (χ0v) is 11.8. The molecule has 3 rings (SSSR count). The zero-order valence-electron chi connectivity index (χ0n) is 11.8. The Labute approximate surface area is 118 Å². The summed E-state index contributed by atoms with van der Waals surface area (Å²) in [6, 6.07) is 1.86. The van der Waals surface area contributed by atoms with Gasteiger partial charge in [-0.1, -0.05) is 0 Å². The van der Waals surface area contributed by atoms with E-state index in [-0.39, 0.29) is 11.5 Å². The van der Waals surface area contributed by atoms with Crippen LogP contribution >= 0.6 is 0 Å². The maximum Gasteiger partial charge on any atom is 0.341 e. The fourth-order valence-corrected chi connectivity index (χ4v) is 2.65. The maximum absolute atomic E-state index is 11.9. The van der Waals surface area contributed by atoms with Gasteiger partial charge in [-0.2, -0.15) is 0 Å². The van der Waals surface area contributed by atoms with E-state index in [2.05, 4.69) is 17.2 Å². The Balaban J connectivity index is 1.89. The van der Waals surface area contributed by atoms with Gasteiger partial charge >= 0.3 is 5.97 Å². The van der Waals surface area contributed by atoms with Crippen molar-refractivity contribution in [1.29, 1.82) is 0 Å². The van der Waals surface area contributed by atoms with Crippen LogP contribution in [0.25, 0.3) is 5.65 Å². The molecule has 0 unspecified atom stereocenters. The molecule has 2 aromatic rings. The van der Waals surface area contributed by atoms with Crippen LogP contribution in [0.1, 0.15) is 42.1 Å². The molecule has 0 atom stereocenters. The quantitative estimate of drug-likeness (QED) is 0.867. The van der Waals surface area contributed by atoms with E-state index in [0.717, 1.165) is 12.1 Å². The van der Waals surface area contributed by atoms with Gasteiger partial charge in [0.15, 0.2) is 5.65 Å². The van der Waals surface area contributed by atoms with Crippen LogP contribution in [0.4, 0.5) is 0 Å². The third-order valence-corrected chi connectivity index (χ3v) is 4.13. The lowest BCUT2D eigenvalue weighted by molar-refractivity contribution is 0.0602. The summed E-state index contributed by atoms with van der Waals surface area (Å²) in [6.07, 6.45) is 9.25. The fourth-order valence-electron chi connectivity index (χ4n) is 2.65. The van der Waals surface area contributed by atoms with Crippen molar-refractivity contribution in [2.45, 2.75) is 38.3 Å². The van der Waals surface area contributed by atoms with Crippen molar-refractivity contribution < 1.29 is 9.53 Å². The molecule has 0 amide bonds. The van der Waals surface area contributed by atoms with Gasteiger partial charge in [0.2, 0.25) is 0 Å². The number of nitrogens with zero attached hydrogens (tertiary/aromatic N) is 2. The van der Waals surface area contributed by atoms with Gasteiger partial charge in [0.05, 0.1) is 7.11 Å². The van der Waals surface area contributed by atoms with Crippen molar-refractivity contribution in [2.24, 2.45) is 0 Å². The second-order valence-corrected chi connectivity index (χ2v) is 5.68. The summed E-state index contributed by atoms with van der Waals surface area (Å²) in [5.74, 6) is -0.349. The molecule has 106 valence electrons. The minimum absolute atomic E-state index is 0.245. The van der Waals surface area contributed by atoms with Crippen LogP contribution < -0.4 is 5.32 Å². The Morgan fingerprint density at radius 2 is 2.35 bits per heavy atom. The summed E-state index contributed by atoms with van der Waals surface area (Å²) in [7, 11) is 1.39. The largest absolute Gasteiger partial charge is 0.465 e. The lowest BCUT2D eigenvalue weighted by Crippen LogP contribution is -2.47. The molecule has 1 aliphatic rings. The van der Waals surface area contributed by atoms with E-state index in [1.54, 1.807) is 6.20 Å². The Kier molecular flexibility index (Phi) is 3.22. The molecule has 5 heteroatoms. The minimum atomic E-state index is -0.349. The van der Waals surface area contributed by atoms with Gasteiger partial charge in [-0.05, 0) is 37.8 Å². The van der Waals surface area contributed by atoms with E-state index in [1.807, 2.05) is 22.9 Å². The number of imidazole rings is 1. The van der Waals surface area contributed by atoms with Crippen LogP contribution in [0.3, 0.4) is 0 Å². The monoisotopic (exact) mass is 273 g/mol. The highest BCUT2D eigenvalue weighted by molar-refractivity contribution is 5.95. The number of hydrogen-bond donors (Lipinski definition) is 1. The zero-order chi connectivity index (χ0) is 14.2. The molecule has 0 saturated heterocycles. The van der Waals surface area contributed by atoms with E-state index in [4.69, 9.17) is 4.74 Å². The lowest BCUT2D eigenvalue weighted by atomic mass is 9.78. The lowest BCUT2D eigenvalue weighted by Gasteiger charge is -2.39. The molecule has 2 aromatic heterocycles. The van der Waals surface area contributed by atoms with E-state index in [0.29, 0.717) is 11.2 Å². The molecule has 0 spiro atoms. The van der Waals surface area contributed by atoms with Gasteiger partial charge in [-0.15, -0.1) is 0 Å². The molecular formula is C15H19N3O2. The van der Waals surface area contributed by atoms with Gasteiger partial charge in [0, 0.05) is 30.7 Å². The Bertz CT molecular complexity index is 644. The Morgan fingerprint density at radius 1 is 1.55 bits per heavy atom. The smallest absolute Gasteiger partial charge is 0.341 e. The van der Waals surface area contributed by atoms with Crippen molar-refractivity contribution in [1.82, 2.24) is 14.7 Å². The molecule has 2 heterocycles. The first-order valence-electron chi connectivity index (χ1n) is 6.90. The Morgan fingerprint density at radius 3 is 3.00 bits per heavy atom. The summed E-state index contributed by atoms with van der Waals surface area (Å²) < 4.78 is 6.70. The van der Waals surface area contributed by atoms with Crippen molar-refractivity contribution in [3.63, 3.8) is 0 Å². The molecule has 1 aliphatic carbocycles. The molecule has 20 heavy (non-hydrogen) atoms. The van der Waals surface area contributed by atoms with E-state index in [9.17, 15) is 4.79 Å². The van der Waals surface area contributed by atoms with Crippen LogP contribution in [0.2, 0.25) is 0 Å². The van der Waals surface area contributed by atoms with E-state index >= 15 is 0 Å². The van der Waals surface area contributed by atoms with Gasteiger partial charge in [-0.3, -0.25) is 0 Å². The predicted octanol–water partition coefficient (Wildman–Crippen LogP) is 2.15. The third-order valence-electron chi connectivity index (χ3n) is 4.13. The van der Waals surface area contributed by atoms with Crippen LogP contribution in [0.5, 0.6) is 0 Å². The van der Waals surface area contributed by atoms with Crippen molar-refractivity contribution in [2.75, 3.05) is 7.11 Å². The highest BCUT2D eigenvalue weighted by atomic mass is 16.5. The van der Waals surface area contributed by atoms with Crippen molar-refractivity contribution >= 4 is 11.6 Å². The van der Waals surface area contributed by atoms with E-state index < -0.39 is 0 Å². The standard InChI is InChI=1S/C15H19N3O2/c1-15(4-3-5-15)17-9-11-8-12(14(19)20-2)13-16-6-7-18(13)10-11/h6-8,10,17H,3-5,9H2,1-2H3. The number of methoxy groups -OCH3 is 1. The number of ether oxygens (including phenoxy) is 1. The van der Waals surface area contributed by atoms with Gasteiger partial charge in [0.1, 0.15) is 5.56 Å². The molecule has 1 saturated carbocycles. The minimum Gasteiger partial charge on any atom is -0.465 e. The number of carbonyl (C=O) groups excluding carboxylic acids is 1. The molecule has 0 aromatic carbocycles. The highest BCUT2D eigenvalue weighted by Crippen LogP contribution is 2.31. The second kappa shape index (κ2) is 4.90. The summed E-state index contributed by atoms with van der Waals surface area (Å²) in [5.41, 5.74) is 2.45. The highest BCUT2D eigenvalue weighted by Gasteiger charge is 2.30. The number of nitrogens with one attached hydrogen (secondary N) is 1. The third kappa shape index (κ3) is 2.29. The second-order valence-electron chi connectivity index (χ2n) is 5.68. The first-order chi connectivity index (χ1) is 9.61. The van der Waals surface area contributed by atoms with Crippen molar-refractivity contribution in [3.8, 4) is 0 Å². The van der Waals surface area contributed by atoms with Crippen LogP contribution in [0, 0.1) is 0 Å². The SMILES string of the molecule is COC(=O)c1cc(CNC2(C)CCC2)cn2ccnc12. The normalized spacial score (nSPS) is 16.9. The average Bonchev–Trinajstić information content (AvgIpc) is 2.89. The number of fused-ring (bicyclic) bond motifs is 1. The molecule has 0 aliphatic heterocycles. The predicted molar refractivity (Wildman–Crippen MR) is 75.6 cm³/mol.